The number of nitrogens with zero attached hydrogens (tertiary/aromatic N) is 1. The monoisotopic (exact) mass is 522 g/mol. The Morgan fingerprint density at radius 3 is 1.89 bits per heavy atom. The Hall–Kier alpha value is -1.96. The van der Waals surface area contributed by atoms with Gasteiger partial charge in [0, 0.05) is 6.54 Å². The first-order valence-electron chi connectivity index (χ1n) is 14.6. The molecule has 0 aromatic carbocycles. The molecule has 8 heteroatoms. The first-order valence-corrected chi connectivity index (χ1v) is 14.6. The van der Waals surface area contributed by atoms with E-state index in [-0.39, 0.29) is 29.1 Å². The SMILES string of the molecule is CC.CC.CC(C)[C@H](N)C(=O)N1CC(C(C)(C)C2CCC2)CC1C(=O)NC(CC1CCC1)C(=O)C(N)=O. The number of hydrogen-bond acceptors (Lipinski definition) is 5. The lowest BCUT2D eigenvalue weighted by Crippen LogP contribution is -2.56. The van der Waals surface area contributed by atoms with Crippen molar-refractivity contribution < 1.29 is 19.2 Å². The third-order valence-electron chi connectivity index (χ3n) is 8.77. The lowest BCUT2D eigenvalue weighted by molar-refractivity contribution is -0.142. The molecule has 3 rings (SSSR count). The Labute approximate surface area is 225 Å². The van der Waals surface area contributed by atoms with Crippen LogP contribution < -0.4 is 16.8 Å². The second-order valence-corrected chi connectivity index (χ2v) is 11.5. The maximum atomic E-state index is 13.5. The fourth-order valence-electron chi connectivity index (χ4n) is 5.56. The number of primary amides is 1. The second kappa shape index (κ2) is 14.8. The number of ketones is 1. The number of nitrogens with one attached hydrogen (secondary N) is 1. The van der Waals surface area contributed by atoms with Crippen LogP contribution in [-0.2, 0) is 19.2 Å². The van der Waals surface area contributed by atoms with Gasteiger partial charge in [-0.1, -0.05) is 81.1 Å². The van der Waals surface area contributed by atoms with Gasteiger partial charge < -0.3 is 21.7 Å². The van der Waals surface area contributed by atoms with Gasteiger partial charge in [0.25, 0.3) is 5.91 Å². The summed E-state index contributed by atoms with van der Waals surface area (Å²) in [5.41, 5.74) is 11.5. The lowest BCUT2D eigenvalue weighted by Gasteiger charge is -2.44. The van der Waals surface area contributed by atoms with Crippen molar-refractivity contribution in [2.75, 3.05) is 6.54 Å². The van der Waals surface area contributed by atoms with Gasteiger partial charge in [0.05, 0.1) is 12.1 Å². The van der Waals surface area contributed by atoms with Gasteiger partial charge in [0.1, 0.15) is 6.04 Å². The van der Waals surface area contributed by atoms with E-state index in [2.05, 4.69) is 19.2 Å². The summed E-state index contributed by atoms with van der Waals surface area (Å²) >= 11 is 0. The minimum atomic E-state index is -1.04. The molecule has 0 aromatic rings. The highest BCUT2D eigenvalue weighted by molar-refractivity contribution is 6.37. The highest BCUT2D eigenvalue weighted by Crippen LogP contribution is 2.50. The molecule has 1 heterocycles. The van der Waals surface area contributed by atoms with Crippen LogP contribution in [0.1, 0.15) is 107 Å². The van der Waals surface area contributed by atoms with Crippen LogP contribution in [0.5, 0.6) is 0 Å². The van der Waals surface area contributed by atoms with Crippen LogP contribution in [0.25, 0.3) is 0 Å². The second-order valence-electron chi connectivity index (χ2n) is 11.5. The lowest BCUT2D eigenvalue weighted by atomic mass is 9.61. The Bertz CT molecular complexity index is 774. The van der Waals surface area contributed by atoms with Gasteiger partial charge in [0.2, 0.25) is 17.6 Å². The van der Waals surface area contributed by atoms with E-state index in [4.69, 9.17) is 11.5 Å². The van der Waals surface area contributed by atoms with Gasteiger partial charge in [-0.25, -0.2) is 0 Å². The summed E-state index contributed by atoms with van der Waals surface area (Å²) in [4.78, 5) is 52.4. The van der Waals surface area contributed by atoms with Gasteiger partial charge in [0.15, 0.2) is 0 Å². The number of Topliss-reactive ketones (excluding diaryl/α,β-unsaturated/α-hetero) is 1. The first kappa shape index (κ1) is 33.1. The molecule has 4 atom stereocenters. The minimum absolute atomic E-state index is 0.00209. The third-order valence-corrected chi connectivity index (χ3v) is 8.77. The van der Waals surface area contributed by atoms with E-state index in [1.807, 2.05) is 41.5 Å². The molecule has 0 aromatic heterocycles. The predicted octanol–water partition coefficient (Wildman–Crippen LogP) is 3.79. The molecule has 3 fully saturated rings. The van der Waals surface area contributed by atoms with Gasteiger partial charge in [-0.15, -0.1) is 0 Å². The van der Waals surface area contributed by atoms with E-state index in [1.54, 1.807) is 4.90 Å². The van der Waals surface area contributed by atoms with E-state index >= 15 is 0 Å². The van der Waals surface area contributed by atoms with Crippen molar-refractivity contribution >= 4 is 23.5 Å². The average Bonchev–Trinajstić information content (AvgIpc) is 3.26. The van der Waals surface area contributed by atoms with Gasteiger partial charge >= 0.3 is 0 Å². The molecule has 2 aliphatic carbocycles. The average molecular weight is 523 g/mol. The molecule has 3 unspecified atom stereocenters. The van der Waals surface area contributed by atoms with Crippen LogP contribution in [0.2, 0.25) is 0 Å². The summed E-state index contributed by atoms with van der Waals surface area (Å²) in [5, 5.41) is 2.80. The largest absolute Gasteiger partial charge is 0.363 e. The van der Waals surface area contributed by atoms with Crippen LogP contribution in [-0.4, -0.2) is 53.1 Å². The summed E-state index contributed by atoms with van der Waals surface area (Å²) in [5.74, 6) is -1.41. The first-order chi connectivity index (χ1) is 17.4. The van der Waals surface area contributed by atoms with Crippen molar-refractivity contribution in [2.24, 2.45) is 40.6 Å². The smallest absolute Gasteiger partial charge is 0.287 e. The molecule has 0 spiro atoms. The summed E-state index contributed by atoms with van der Waals surface area (Å²) in [6, 6.07) is -2.32. The number of hydrogen-bond donors (Lipinski definition) is 3. The summed E-state index contributed by atoms with van der Waals surface area (Å²) in [6.45, 7) is 16.7. The van der Waals surface area contributed by atoms with Crippen LogP contribution in [0, 0.1) is 29.1 Å². The predicted molar refractivity (Wildman–Crippen MR) is 148 cm³/mol. The van der Waals surface area contributed by atoms with E-state index in [9.17, 15) is 19.2 Å². The molecule has 0 bridgehead atoms. The fourth-order valence-corrected chi connectivity index (χ4v) is 5.56. The molecule has 3 aliphatic rings. The topological polar surface area (TPSA) is 136 Å². The van der Waals surface area contributed by atoms with Crippen LogP contribution in [0.3, 0.4) is 0 Å². The molecule has 8 nitrogen and oxygen atoms in total. The van der Waals surface area contributed by atoms with Gasteiger partial charge in [-0.2, -0.15) is 0 Å². The van der Waals surface area contributed by atoms with E-state index in [0.29, 0.717) is 31.2 Å². The summed E-state index contributed by atoms with van der Waals surface area (Å²) in [6.07, 6.45) is 7.58. The molecule has 0 radical (unpaired) electrons. The Morgan fingerprint density at radius 2 is 1.49 bits per heavy atom. The van der Waals surface area contributed by atoms with Crippen molar-refractivity contribution in [2.45, 2.75) is 125 Å². The Kier molecular flexibility index (Phi) is 13.3. The molecular formula is C29H54N4O4. The number of nitrogens with two attached hydrogens (primary N) is 2. The normalized spacial score (nSPS) is 23.4. The zero-order valence-corrected chi connectivity index (χ0v) is 24.6. The minimum Gasteiger partial charge on any atom is -0.363 e. The van der Waals surface area contributed by atoms with Gasteiger partial charge in [-0.05, 0) is 54.8 Å². The summed E-state index contributed by atoms with van der Waals surface area (Å²) in [7, 11) is 0. The molecular weight excluding hydrogens is 468 g/mol. The molecule has 1 aliphatic heterocycles. The summed E-state index contributed by atoms with van der Waals surface area (Å²) < 4.78 is 0. The molecule has 2 saturated carbocycles. The van der Waals surface area contributed by atoms with Gasteiger partial charge in [-0.3, -0.25) is 19.2 Å². The standard InChI is InChI=1S/C25H42N4O4.2C2H6/c1-14(2)20(26)24(33)29-13-17(25(3,4)16-9-6-10-16)12-19(29)23(32)28-18(21(30)22(27)31)11-15-7-5-8-15;2*1-2/h14-20H,5-13,26H2,1-4H3,(H2,27,31)(H,28,32);2*1-2H3/t17?,18?,19?,20-;;/m0../s1. The highest BCUT2D eigenvalue weighted by Gasteiger charge is 2.50. The van der Waals surface area contributed by atoms with Crippen LogP contribution in [0.15, 0.2) is 0 Å². The molecule has 214 valence electrons. The van der Waals surface area contributed by atoms with Crippen molar-refractivity contribution in [1.29, 1.82) is 0 Å². The van der Waals surface area contributed by atoms with Crippen molar-refractivity contribution in [3.8, 4) is 0 Å². The van der Waals surface area contributed by atoms with Crippen LogP contribution in [0.4, 0.5) is 0 Å². The number of rotatable bonds is 10. The Balaban J connectivity index is 0.00000163. The van der Waals surface area contributed by atoms with Crippen molar-refractivity contribution in [1.82, 2.24) is 10.2 Å². The molecule has 5 N–H and O–H groups in total. The number of carbonyl (C=O) groups excluding carboxylic acids is 4. The maximum absolute atomic E-state index is 13.5. The van der Waals surface area contributed by atoms with Crippen molar-refractivity contribution in [3.05, 3.63) is 0 Å². The maximum Gasteiger partial charge on any atom is 0.287 e. The van der Waals surface area contributed by atoms with E-state index in [1.165, 1.54) is 19.3 Å². The van der Waals surface area contributed by atoms with Crippen molar-refractivity contribution in [3.63, 3.8) is 0 Å². The Morgan fingerprint density at radius 1 is 0.946 bits per heavy atom. The highest BCUT2D eigenvalue weighted by atomic mass is 16.2. The molecule has 1 saturated heterocycles. The third kappa shape index (κ3) is 8.01. The quantitative estimate of drug-likeness (QED) is 0.375. The fraction of sp³-hybridized carbons (Fsp3) is 0.862. The molecule has 3 amide bonds. The van der Waals surface area contributed by atoms with E-state index < -0.39 is 29.8 Å². The van der Waals surface area contributed by atoms with E-state index in [0.717, 1.165) is 19.3 Å². The molecule has 37 heavy (non-hydrogen) atoms. The zero-order valence-electron chi connectivity index (χ0n) is 24.6. The van der Waals surface area contributed by atoms with Crippen LogP contribution >= 0.6 is 0 Å². The zero-order chi connectivity index (χ0) is 28.5. The number of amides is 3. The number of likely N-dealkylation sites (tertiary alicyclic amines) is 1. The number of carbonyl (C=O) groups is 4.